The zero-order valence-corrected chi connectivity index (χ0v) is 12.4. The summed E-state index contributed by atoms with van der Waals surface area (Å²) in [6.07, 6.45) is -2.53. The molecule has 3 N–H and O–H groups in total. The number of rotatable bonds is 4. The second-order valence-corrected chi connectivity index (χ2v) is 4.73. The van der Waals surface area contributed by atoms with E-state index in [1.54, 1.807) is 0 Å². The summed E-state index contributed by atoms with van der Waals surface area (Å²) in [4.78, 5) is 11.1. The van der Waals surface area contributed by atoms with Gasteiger partial charge in [0.1, 0.15) is 18.1 Å². The van der Waals surface area contributed by atoms with Gasteiger partial charge in [-0.3, -0.25) is 0 Å². The molecule has 0 spiro atoms. The fraction of sp³-hybridized carbons (Fsp3) is 0.267. The van der Waals surface area contributed by atoms with Crippen molar-refractivity contribution in [2.24, 2.45) is 10.7 Å². The molecule has 23 heavy (non-hydrogen) atoms. The van der Waals surface area contributed by atoms with Crippen LogP contribution in [0.2, 0.25) is 0 Å². The molecular weight excluding hydrogens is 307 g/mol. The zero-order chi connectivity index (χ0) is 16.9. The molecule has 0 aliphatic heterocycles. The fourth-order valence-corrected chi connectivity index (χ4v) is 1.80. The highest BCUT2D eigenvalue weighted by Crippen LogP contribution is 2.26. The predicted molar refractivity (Wildman–Crippen MR) is 81.8 cm³/mol. The Kier molecular flexibility index (Phi) is 5.15. The lowest BCUT2D eigenvalue weighted by molar-refractivity contribution is -0.141. The van der Waals surface area contributed by atoms with Gasteiger partial charge in [0.2, 0.25) is 0 Å². The molecule has 1 aromatic heterocycles. The van der Waals surface area contributed by atoms with E-state index in [0.29, 0.717) is 0 Å². The summed E-state index contributed by atoms with van der Waals surface area (Å²) in [6.45, 7) is 1.91. The van der Waals surface area contributed by atoms with Gasteiger partial charge in [-0.25, -0.2) is 15.0 Å². The number of nitrogens with one attached hydrogen (secondary N) is 1. The van der Waals surface area contributed by atoms with E-state index < -0.39 is 11.9 Å². The minimum Gasteiger partial charge on any atom is -0.370 e. The predicted octanol–water partition coefficient (Wildman–Crippen LogP) is 2.98. The van der Waals surface area contributed by atoms with Gasteiger partial charge in [0.05, 0.1) is 0 Å². The van der Waals surface area contributed by atoms with E-state index >= 15 is 0 Å². The number of guanidine groups is 1. The second kappa shape index (κ2) is 7.08. The molecule has 1 aromatic carbocycles. The van der Waals surface area contributed by atoms with Crippen molar-refractivity contribution in [3.63, 3.8) is 0 Å². The zero-order valence-electron chi connectivity index (χ0n) is 12.4. The van der Waals surface area contributed by atoms with Gasteiger partial charge in [-0.2, -0.15) is 13.2 Å². The van der Waals surface area contributed by atoms with Crippen LogP contribution in [-0.4, -0.2) is 15.9 Å². The Hall–Kier alpha value is -2.64. The van der Waals surface area contributed by atoms with Crippen molar-refractivity contribution in [1.82, 2.24) is 9.97 Å². The number of benzene rings is 1. The average molecular weight is 323 g/mol. The number of aryl methyl sites for hydroxylation is 1. The van der Waals surface area contributed by atoms with Crippen molar-refractivity contribution in [2.75, 3.05) is 5.32 Å². The van der Waals surface area contributed by atoms with Crippen molar-refractivity contribution in [3.05, 3.63) is 53.6 Å². The molecule has 122 valence electrons. The van der Waals surface area contributed by atoms with Gasteiger partial charge in [-0.15, -0.1) is 0 Å². The van der Waals surface area contributed by atoms with Gasteiger partial charge in [0.15, 0.2) is 5.96 Å². The summed E-state index contributed by atoms with van der Waals surface area (Å²) in [7, 11) is 0. The van der Waals surface area contributed by atoms with Crippen LogP contribution in [0.15, 0.2) is 41.5 Å². The number of aromatic nitrogens is 2. The summed E-state index contributed by atoms with van der Waals surface area (Å²) in [6, 6.07) is 8.41. The number of aliphatic imine (C=N–C) groups is 1. The molecule has 0 saturated carbocycles. The van der Waals surface area contributed by atoms with Gasteiger partial charge < -0.3 is 11.1 Å². The largest absolute Gasteiger partial charge is 0.433 e. The molecular formula is C15H16F3N5. The highest BCUT2D eigenvalue weighted by Gasteiger charge is 2.32. The number of anilines is 1. The Balaban J connectivity index is 2.01. The maximum Gasteiger partial charge on any atom is 0.433 e. The van der Waals surface area contributed by atoms with Crippen LogP contribution < -0.4 is 11.1 Å². The molecule has 2 rings (SSSR count). The van der Waals surface area contributed by atoms with Crippen LogP contribution in [0.4, 0.5) is 18.9 Å². The molecule has 0 bridgehead atoms. The van der Waals surface area contributed by atoms with Gasteiger partial charge in [0, 0.05) is 11.9 Å². The van der Waals surface area contributed by atoms with Crippen LogP contribution in [-0.2, 0) is 19.1 Å². The number of nitrogens with two attached hydrogens (primary N) is 1. The molecule has 2 aromatic rings. The molecule has 1 heterocycles. The van der Waals surface area contributed by atoms with E-state index in [1.807, 2.05) is 31.2 Å². The smallest absolute Gasteiger partial charge is 0.370 e. The third kappa shape index (κ3) is 4.94. The van der Waals surface area contributed by atoms with E-state index in [2.05, 4.69) is 20.3 Å². The topological polar surface area (TPSA) is 76.2 Å². The number of nitrogens with zero attached hydrogens (tertiary/aromatic N) is 3. The first kappa shape index (κ1) is 16.7. The highest BCUT2D eigenvalue weighted by molar-refractivity contribution is 5.92. The number of alkyl halides is 3. The second-order valence-electron chi connectivity index (χ2n) is 4.73. The Morgan fingerprint density at radius 2 is 1.91 bits per heavy atom. The molecule has 0 atom stereocenters. The van der Waals surface area contributed by atoms with Crippen LogP contribution in [0.5, 0.6) is 0 Å². The first-order valence-electron chi connectivity index (χ1n) is 6.93. The molecule has 0 saturated heterocycles. The van der Waals surface area contributed by atoms with E-state index in [-0.39, 0.29) is 18.3 Å². The minimum atomic E-state index is -4.51. The fourth-order valence-electron chi connectivity index (χ4n) is 1.80. The van der Waals surface area contributed by atoms with Crippen LogP contribution in [0.1, 0.15) is 24.0 Å². The Labute approximate surface area is 131 Å². The summed E-state index contributed by atoms with van der Waals surface area (Å²) in [5.41, 5.74) is 6.64. The van der Waals surface area contributed by atoms with Gasteiger partial charge >= 0.3 is 6.18 Å². The minimum absolute atomic E-state index is 0.0501. The lowest BCUT2D eigenvalue weighted by Crippen LogP contribution is -2.22. The average Bonchev–Trinajstić information content (AvgIpc) is 2.53. The molecule has 0 fully saturated rings. The van der Waals surface area contributed by atoms with Crippen molar-refractivity contribution >= 4 is 11.6 Å². The monoisotopic (exact) mass is 323 g/mol. The number of hydrogen-bond acceptors (Lipinski definition) is 3. The van der Waals surface area contributed by atoms with Crippen molar-refractivity contribution in [2.45, 2.75) is 26.1 Å². The third-order valence-electron chi connectivity index (χ3n) is 3.02. The molecule has 0 amide bonds. The lowest BCUT2D eigenvalue weighted by atomic mass is 10.1. The summed E-state index contributed by atoms with van der Waals surface area (Å²) < 4.78 is 37.7. The summed E-state index contributed by atoms with van der Waals surface area (Å²) in [5, 5.41) is 2.86. The van der Waals surface area contributed by atoms with E-state index in [4.69, 9.17) is 5.73 Å². The molecule has 5 nitrogen and oxygen atoms in total. The number of hydrogen-bond donors (Lipinski definition) is 2. The first-order chi connectivity index (χ1) is 10.9. The van der Waals surface area contributed by atoms with E-state index in [9.17, 15) is 13.2 Å². The molecule has 0 aliphatic rings. The Morgan fingerprint density at radius 1 is 1.22 bits per heavy atom. The standard InChI is InChI=1S/C15H16F3N5/c1-2-10-3-5-11(6-4-10)22-14(19)21-9-13-20-8-7-12(23-13)15(16,17)18/h3-8H,2,9H2,1H3,(H3,19,21,22). The van der Waals surface area contributed by atoms with Crippen LogP contribution in [0.3, 0.4) is 0 Å². The van der Waals surface area contributed by atoms with Crippen molar-refractivity contribution < 1.29 is 13.2 Å². The molecule has 8 heteroatoms. The summed E-state index contributed by atoms with van der Waals surface area (Å²) in [5.74, 6) is 0.0289. The van der Waals surface area contributed by atoms with Crippen molar-refractivity contribution in [3.8, 4) is 0 Å². The first-order valence-corrected chi connectivity index (χ1v) is 6.93. The maximum absolute atomic E-state index is 12.6. The number of halogens is 3. The summed E-state index contributed by atoms with van der Waals surface area (Å²) >= 11 is 0. The van der Waals surface area contributed by atoms with Crippen LogP contribution in [0.25, 0.3) is 0 Å². The van der Waals surface area contributed by atoms with Crippen molar-refractivity contribution in [1.29, 1.82) is 0 Å². The molecule has 0 unspecified atom stereocenters. The lowest BCUT2D eigenvalue weighted by Gasteiger charge is -2.07. The normalized spacial score (nSPS) is 12.3. The van der Waals surface area contributed by atoms with Gasteiger partial charge in [-0.05, 0) is 30.2 Å². The molecule has 0 aliphatic carbocycles. The van der Waals surface area contributed by atoms with E-state index in [0.717, 1.165) is 24.4 Å². The third-order valence-corrected chi connectivity index (χ3v) is 3.02. The highest BCUT2D eigenvalue weighted by atomic mass is 19.4. The molecule has 0 radical (unpaired) electrons. The van der Waals surface area contributed by atoms with Gasteiger partial charge in [0.25, 0.3) is 0 Å². The maximum atomic E-state index is 12.6. The van der Waals surface area contributed by atoms with Crippen LogP contribution >= 0.6 is 0 Å². The van der Waals surface area contributed by atoms with Crippen LogP contribution in [0, 0.1) is 0 Å². The SMILES string of the molecule is CCc1ccc(NC(N)=NCc2nccc(C(F)(F)F)n2)cc1. The quantitative estimate of drug-likeness (QED) is 0.670. The van der Waals surface area contributed by atoms with Gasteiger partial charge in [-0.1, -0.05) is 19.1 Å². The Morgan fingerprint density at radius 3 is 2.52 bits per heavy atom. The Bertz CT molecular complexity index is 680. The van der Waals surface area contributed by atoms with E-state index in [1.165, 1.54) is 5.56 Å².